The zero-order chi connectivity index (χ0) is 16.1. The Hall–Kier alpha value is -1.02. The summed E-state index contributed by atoms with van der Waals surface area (Å²) in [5.74, 6) is 1.09. The van der Waals surface area contributed by atoms with Gasteiger partial charge in [-0.1, -0.05) is 59.7 Å². The molecule has 1 rings (SSSR count). The molecule has 0 aliphatic carbocycles. The first-order valence-corrected chi connectivity index (χ1v) is 8.27. The van der Waals surface area contributed by atoms with Crippen LogP contribution >= 0.6 is 0 Å². The minimum absolute atomic E-state index is 0.123. The molecule has 0 atom stereocenters. The first-order chi connectivity index (χ1) is 9.80. The van der Waals surface area contributed by atoms with E-state index < -0.39 is 0 Å². The van der Waals surface area contributed by atoms with Crippen molar-refractivity contribution in [1.82, 2.24) is 0 Å². The Labute approximate surface area is 131 Å². The molecule has 1 aromatic rings. The molecule has 120 valence electrons. The van der Waals surface area contributed by atoms with Gasteiger partial charge in [0, 0.05) is 11.1 Å². The molecule has 0 fully saturated rings. The van der Waals surface area contributed by atoms with Crippen LogP contribution in [0, 0.1) is 0 Å². The molecule has 0 unspecified atom stereocenters. The minimum Gasteiger partial charge on any atom is -0.493 e. The summed E-state index contributed by atoms with van der Waals surface area (Å²) in [6.45, 7) is 15.0. The fraction of sp³-hybridized carbons (Fsp3) is 0.684. The average molecular weight is 291 g/mol. The second-order valence-corrected chi connectivity index (χ2v) is 7.15. The molecular formula is C19H33NO. The third-order valence-electron chi connectivity index (χ3n) is 4.84. The summed E-state index contributed by atoms with van der Waals surface area (Å²) in [5, 5.41) is 0. The summed E-state index contributed by atoms with van der Waals surface area (Å²) >= 11 is 0. The molecule has 0 aromatic heterocycles. The summed E-state index contributed by atoms with van der Waals surface area (Å²) in [6, 6.07) is 6.61. The van der Waals surface area contributed by atoms with Gasteiger partial charge in [-0.2, -0.15) is 0 Å². The van der Waals surface area contributed by atoms with Crippen LogP contribution in [-0.4, -0.2) is 13.2 Å². The van der Waals surface area contributed by atoms with E-state index in [0.717, 1.165) is 25.0 Å². The van der Waals surface area contributed by atoms with E-state index in [0.29, 0.717) is 13.2 Å². The van der Waals surface area contributed by atoms with Gasteiger partial charge in [0.05, 0.1) is 6.61 Å². The molecule has 0 saturated carbocycles. The maximum atomic E-state index is 6.21. The van der Waals surface area contributed by atoms with Gasteiger partial charge in [0.1, 0.15) is 5.75 Å². The SMILES string of the molecule is CCC(C)(C)c1cccc(C(C)(C)CC)c1OCCCN. The van der Waals surface area contributed by atoms with Gasteiger partial charge >= 0.3 is 0 Å². The molecule has 0 radical (unpaired) electrons. The second-order valence-electron chi connectivity index (χ2n) is 7.15. The maximum absolute atomic E-state index is 6.21. The molecule has 0 spiro atoms. The van der Waals surface area contributed by atoms with E-state index in [9.17, 15) is 0 Å². The van der Waals surface area contributed by atoms with E-state index >= 15 is 0 Å². The van der Waals surface area contributed by atoms with Crippen LogP contribution in [0.3, 0.4) is 0 Å². The van der Waals surface area contributed by atoms with E-state index in [1.165, 1.54) is 11.1 Å². The van der Waals surface area contributed by atoms with Crippen LogP contribution in [0.4, 0.5) is 0 Å². The summed E-state index contributed by atoms with van der Waals surface area (Å²) in [4.78, 5) is 0. The van der Waals surface area contributed by atoms with Gasteiger partial charge < -0.3 is 10.5 Å². The van der Waals surface area contributed by atoms with Crippen molar-refractivity contribution < 1.29 is 4.74 Å². The lowest BCUT2D eigenvalue weighted by atomic mass is 9.75. The molecule has 1 aromatic carbocycles. The molecule has 2 heteroatoms. The molecular weight excluding hydrogens is 258 g/mol. The Balaban J connectivity index is 3.34. The lowest BCUT2D eigenvalue weighted by molar-refractivity contribution is 0.292. The predicted molar refractivity (Wildman–Crippen MR) is 92.2 cm³/mol. The van der Waals surface area contributed by atoms with Crippen molar-refractivity contribution >= 4 is 0 Å². The van der Waals surface area contributed by atoms with Gasteiger partial charge in [-0.05, 0) is 36.6 Å². The number of benzene rings is 1. The van der Waals surface area contributed by atoms with Crippen molar-refractivity contribution in [3.05, 3.63) is 29.3 Å². The highest BCUT2D eigenvalue weighted by Crippen LogP contribution is 2.42. The third-order valence-corrected chi connectivity index (χ3v) is 4.84. The number of para-hydroxylation sites is 1. The Bertz CT molecular complexity index is 415. The van der Waals surface area contributed by atoms with E-state index in [4.69, 9.17) is 10.5 Å². The minimum atomic E-state index is 0.123. The van der Waals surface area contributed by atoms with Crippen LogP contribution in [0.5, 0.6) is 5.75 Å². The second kappa shape index (κ2) is 7.31. The molecule has 0 amide bonds. The molecule has 21 heavy (non-hydrogen) atoms. The normalized spacial score (nSPS) is 12.5. The first-order valence-electron chi connectivity index (χ1n) is 8.27. The van der Waals surface area contributed by atoms with Gasteiger partial charge in [0.25, 0.3) is 0 Å². The highest BCUT2D eigenvalue weighted by atomic mass is 16.5. The molecule has 2 N–H and O–H groups in total. The Morgan fingerprint density at radius 1 is 0.952 bits per heavy atom. The van der Waals surface area contributed by atoms with Crippen molar-refractivity contribution in [1.29, 1.82) is 0 Å². The van der Waals surface area contributed by atoms with Gasteiger partial charge in [-0.25, -0.2) is 0 Å². The molecule has 2 nitrogen and oxygen atoms in total. The van der Waals surface area contributed by atoms with Gasteiger partial charge in [0.15, 0.2) is 0 Å². The number of hydrogen-bond acceptors (Lipinski definition) is 2. The van der Waals surface area contributed by atoms with E-state index in [2.05, 4.69) is 59.7 Å². The third kappa shape index (κ3) is 4.23. The number of rotatable bonds is 8. The van der Waals surface area contributed by atoms with Gasteiger partial charge in [0.2, 0.25) is 0 Å². The van der Waals surface area contributed by atoms with Gasteiger partial charge in [-0.3, -0.25) is 0 Å². The fourth-order valence-corrected chi connectivity index (χ4v) is 2.40. The lowest BCUT2D eigenvalue weighted by Gasteiger charge is -2.32. The predicted octanol–water partition coefficient (Wildman–Crippen LogP) is 4.79. The van der Waals surface area contributed by atoms with Crippen LogP contribution in [-0.2, 0) is 10.8 Å². The number of hydrogen-bond donors (Lipinski definition) is 1. The van der Waals surface area contributed by atoms with Gasteiger partial charge in [-0.15, -0.1) is 0 Å². The summed E-state index contributed by atoms with van der Waals surface area (Å²) in [5.41, 5.74) is 8.50. The van der Waals surface area contributed by atoms with Crippen molar-refractivity contribution in [2.45, 2.75) is 71.6 Å². The van der Waals surface area contributed by atoms with Crippen LogP contribution < -0.4 is 10.5 Å². The molecule has 0 aliphatic rings. The van der Waals surface area contributed by atoms with Crippen molar-refractivity contribution in [3.63, 3.8) is 0 Å². The smallest absolute Gasteiger partial charge is 0.126 e. The lowest BCUT2D eigenvalue weighted by Crippen LogP contribution is -2.23. The summed E-state index contributed by atoms with van der Waals surface area (Å²) in [6.07, 6.45) is 3.08. The molecule has 0 bridgehead atoms. The molecule has 0 aliphatic heterocycles. The van der Waals surface area contributed by atoms with Crippen molar-refractivity contribution in [3.8, 4) is 5.75 Å². The van der Waals surface area contributed by atoms with E-state index in [-0.39, 0.29) is 10.8 Å². The zero-order valence-corrected chi connectivity index (χ0v) is 14.8. The maximum Gasteiger partial charge on any atom is 0.126 e. The molecule has 0 saturated heterocycles. The van der Waals surface area contributed by atoms with Crippen LogP contribution in [0.15, 0.2) is 18.2 Å². The first kappa shape index (κ1) is 18.0. The Kier molecular flexibility index (Phi) is 6.27. The van der Waals surface area contributed by atoms with E-state index in [1.807, 2.05) is 0 Å². The summed E-state index contributed by atoms with van der Waals surface area (Å²) < 4.78 is 6.21. The fourth-order valence-electron chi connectivity index (χ4n) is 2.40. The molecule has 0 heterocycles. The highest BCUT2D eigenvalue weighted by Gasteiger charge is 2.29. The van der Waals surface area contributed by atoms with Crippen molar-refractivity contribution in [2.24, 2.45) is 5.73 Å². The van der Waals surface area contributed by atoms with E-state index in [1.54, 1.807) is 0 Å². The van der Waals surface area contributed by atoms with Crippen LogP contribution in [0.1, 0.15) is 71.9 Å². The van der Waals surface area contributed by atoms with Crippen LogP contribution in [0.25, 0.3) is 0 Å². The monoisotopic (exact) mass is 291 g/mol. The standard InChI is InChI=1S/C19H33NO/c1-7-18(3,4)15-11-9-12-16(19(5,6)8-2)17(15)21-14-10-13-20/h9,11-12H,7-8,10,13-14,20H2,1-6H3. The largest absolute Gasteiger partial charge is 0.493 e. The average Bonchev–Trinajstić information content (AvgIpc) is 2.47. The number of ether oxygens (including phenoxy) is 1. The Morgan fingerprint density at radius 3 is 1.81 bits per heavy atom. The Morgan fingerprint density at radius 2 is 1.43 bits per heavy atom. The van der Waals surface area contributed by atoms with Crippen LogP contribution in [0.2, 0.25) is 0 Å². The highest BCUT2D eigenvalue weighted by molar-refractivity contribution is 5.48. The summed E-state index contributed by atoms with van der Waals surface area (Å²) in [7, 11) is 0. The quantitative estimate of drug-likeness (QED) is 0.699. The van der Waals surface area contributed by atoms with Crippen molar-refractivity contribution in [2.75, 3.05) is 13.2 Å². The number of nitrogens with two attached hydrogens (primary N) is 1. The zero-order valence-electron chi connectivity index (χ0n) is 14.8. The topological polar surface area (TPSA) is 35.2 Å².